The quantitative estimate of drug-likeness (QED) is 0.677. The minimum atomic E-state index is -4.94. The lowest BCUT2D eigenvalue weighted by atomic mass is 9.96. The zero-order chi connectivity index (χ0) is 17.4. The highest BCUT2D eigenvalue weighted by Crippen LogP contribution is 2.41. The summed E-state index contributed by atoms with van der Waals surface area (Å²) in [5, 5.41) is 20.2. The van der Waals surface area contributed by atoms with E-state index in [1.54, 1.807) is 6.07 Å². The lowest BCUT2D eigenvalue weighted by Gasteiger charge is -2.11. The fourth-order valence-corrected chi connectivity index (χ4v) is 2.20. The van der Waals surface area contributed by atoms with Gasteiger partial charge in [-0.05, 0) is 25.1 Å². The predicted octanol–water partition coefficient (Wildman–Crippen LogP) is 3.15. The first kappa shape index (κ1) is 16.2. The second kappa shape index (κ2) is 5.57. The van der Waals surface area contributed by atoms with Gasteiger partial charge in [0.15, 0.2) is 0 Å². The third-order valence-corrected chi connectivity index (χ3v) is 3.09. The normalized spacial score (nSPS) is 11.1. The molecule has 0 unspecified atom stereocenters. The van der Waals surface area contributed by atoms with Gasteiger partial charge < -0.3 is 4.98 Å². The van der Waals surface area contributed by atoms with Crippen molar-refractivity contribution < 1.29 is 18.1 Å². The summed E-state index contributed by atoms with van der Waals surface area (Å²) in [5.41, 5.74) is -4.34. The molecule has 0 fully saturated rings. The highest BCUT2D eigenvalue weighted by atomic mass is 19.4. The number of aryl methyl sites for hydroxylation is 1. The predicted molar refractivity (Wildman–Crippen MR) is 73.6 cm³/mol. The van der Waals surface area contributed by atoms with Gasteiger partial charge >= 0.3 is 6.18 Å². The Kier molecular flexibility index (Phi) is 3.93. The van der Waals surface area contributed by atoms with Crippen LogP contribution in [-0.2, 0) is 6.18 Å². The van der Waals surface area contributed by atoms with Crippen LogP contribution in [0.1, 0.15) is 16.8 Å². The highest BCUT2D eigenvalue weighted by Gasteiger charge is 2.40. The third-order valence-electron chi connectivity index (χ3n) is 3.09. The molecule has 0 aliphatic carbocycles. The summed E-state index contributed by atoms with van der Waals surface area (Å²) >= 11 is 0. The molecule has 0 bridgehead atoms. The summed E-state index contributed by atoms with van der Waals surface area (Å²) < 4.78 is 39.0. The van der Waals surface area contributed by atoms with Crippen molar-refractivity contribution in [1.29, 1.82) is 5.26 Å². The molecule has 0 spiro atoms. The van der Waals surface area contributed by atoms with E-state index in [-0.39, 0.29) is 11.3 Å². The maximum atomic E-state index is 13.0. The number of nitrogens with zero attached hydrogens (tertiary/aromatic N) is 2. The molecule has 2 aromatic rings. The van der Waals surface area contributed by atoms with Gasteiger partial charge in [0.2, 0.25) is 0 Å². The molecule has 6 nitrogen and oxygen atoms in total. The van der Waals surface area contributed by atoms with Crippen LogP contribution in [0.2, 0.25) is 0 Å². The Morgan fingerprint density at radius 3 is 2.48 bits per heavy atom. The molecule has 0 aliphatic heterocycles. The molecule has 1 heterocycles. The number of benzene rings is 1. The molecule has 0 saturated carbocycles. The average molecular weight is 323 g/mol. The summed E-state index contributed by atoms with van der Waals surface area (Å²) in [7, 11) is 0. The van der Waals surface area contributed by atoms with E-state index in [0.717, 1.165) is 12.1 Å². The number of para-hydroxylation sites is 1. The number of hydrogen-bond donors (Lipinski definition) is 1. The number of nitrogens with one attached hydrogen (secondary N) is 1. The molecule has 0 radical (unpaired) electrons. The number of nitro groups is 1. The van der Waals surface area contributed by atoms with E-state index in [1.165, 1.54) is 13.0 Å². The molecule has 1 aromatic heterocycles. The number of aromatic amines is 1. The largest absolute Gasteiger partial charge is 0.423 e. The number of aromatic nitrogens is 1. The van der Waals surface area contributed by atoms with Gasteiger partial charge in [-0.3, -0.25) is 14.9 Å². The molecule has 0 aliphatic rings. The van der Waals surface area contributed by atoms with Crippen LogP contribution >= 0.6 is 0 Å². The van der Waals surface area contributed by atoms with Crippen molar-refractivity contribution in [2.24, 2.45) is 0 Å². The smallest absolute Gasteiger partial charge is 0.325 e. The van der Waals surface area contributed by atoms with Gasteiger partial charge in [-0.25, -0.2) is 0 Å². The number of pyridine rings is 1. The topological polar surface area (TPSA) is 99.8 Å². The second-order valence-electron chi connectivity index (χ2n) is 4.64. The van der Waals surface area contributed by atoms with Crippen LogP contribution in [0, 0.1) is 28.4 Å². The molecule has 1 aromatic carbocycles. The first-order valence-electron chi connectivity index (χ1n) is 6.15. The van der Waals surface area contributed by atoms with E-state index in [2.05, 4.69) is 4.98 Å². The average Bonchev–Trinajstić information content (AvgIpc) is 2.44. The SMILES string of the molecule is Cc1cc(-c2cccc(C(F)(F)F)c2[N+](=O)[O-])c(C#N)c(=O)[nH]1. The number of halogens is 3. The van der Waals surface area contributed by atoms with Crippen molar-refractivity contribution in [3.63, 3.8) is 0 Å². The van der Waals surface area contributed by atoms with Crippen LogP contribution in [0.4, 0.5) is 18.9 Å². The minimum Gasteiger partial charge on any atom is -0.325 e. The van der Waals surface area contributed by atoms with E-state index < -0.39 is 39.0 Å². The van der Waals surface area contributed by atoms with Crippen LogP contribution in [0.15, 0.2) is 29.1 Å². The number of H-pyrrole nitrogens is 1. The van der Waals surface area contributed by atoms with Gasteiger partial charge in [-0.1, -0.05) is 6.07 Å². The van der Waals surface area contributed by atoms with E-state index in [9.17, 15) is 28.1 Å². The number of alkyl halides is 3. The lowest BCUT2D eigenvalue weighted by molar-refractivity contribution is -0.387. The van der Waals surface area contributed by atoms with E-state index in [0.29, 0.717) is 6.07 Å². The number of rotatable bonds is 2. The van der Waals surface area contributed by atoms with Crippen molar-refractivity contribution in [1.82, 2.24) is 4.98 Å². The van der Waals surface area contributed by atoms with E-state index in [4.69, 9.17) is 5.26 Å². The van der Waals surface area contributed by atoms with Crippen molar-refractivity contribution in [3.8, 4) is 17.2 Å². The Labute approximate surface area is 127 Å². The summed E-state index contributed by atoms with van der Waals surface area (Å²) in [6.45, 7) is 1.45. The Balaban J connectivity index is 2.94. The molecule has 2 rings (SSSR count). The molecule has 118 valence electrons. The Hall–Kier alpha value is -3.15. The molecular formula is C14H8F3N3O3. The third kappa shape index (κ3) is 2.91. The molecule has 0 amide bonds. The number of nitro benzene ring substituents is 1. The first-order chi connectivity index (χ1) is 10.7. The van der Waals surface area contributed by atoms with Gasteiger partial charge in [-0.2, -0.15) is 18.4 Å². The molecule has 0 atom stereocenters. The number of nitriles is 1. The fourth-order valence-electron chi connectivity index (χ4n) is 2.20. The van der Waals surface area contributed by atoms with E-state index >= 15 is 0 Å². The molecule has 23 heavy (non-hydrogen) atoms. The standard InChI is InChI=1S/C14H8F3N3O3/c1-7-5-9(10(6-18)13(21)19-7)8-3-2-4-11(14(15,16)17)12(8)20(22)23/h2-5H,1H3,(H,19,21). The molecular weight excluding hydrogens is 315 g/mol. The van der Waals surface area contributed by atoms with Crippen molar-refractivity contribution in [2.75, 3.05) is 0 Å². The summed E-state index contributed by atoms with van der Waals surface area (Å²) in [4.78, 5) is 24.1. The Bertz CT molecular complexity index is 895. The summed E-state index contributed by atoms with van der Waals surface area (Å²) in [6.07, 6.45) is -4.94. The summed E-state index contributed by atoms with van der Waals surface area (Å²) in [5.74, 6) is 0. The zero-order valence-corrected chi connectivity index (χ0v) is 11.6. The van der Waals surface area contributed by atoms with Crippen LogP contribution in [-0.4, -0.2) is 9.91 Å². The van der Waals surface area contributed by atoms with Crippen LogP contribution < -0.4 is 5.56 Å². The Morgan fingerprint density at radius 1 is 1.30 bits per heavy atom. The van der Waals surface area contributed by atoms with Crippen LogP contribution in [0.5, 0.6) is 0 Å². The Morgan fingerprint density at radius 2 is 1.96 bits per heavy atom. The van der Waals surface area contributed by atoms with Gasteiger partial charge in [0.1, 0.15) is 17.2 Å². The van der Waals surface area contributed by atoms with Gasteiger partial charge in [0, 0.05) is 11.3 Å². The van der Waals surface area contributed by atoms with Crippen LogP contribution in [0.25, 0.3) is 11.1 Å². The van der Waals surface area contributed by atoms with E-state index in [1.807, 2.05) is 0 Å². The lowest BCUT2D eigenvalue weighted by Crippen LogP contribution is -2.14. The van der Waals surface area contributed by atoms with Gasteiger partial charge in [0.25, 0.3) is 11.2 Å². The van der Waals surface area contributed by atoms with Crippen molar-refractivity contribution in [2.45, 2.75) is 13.1 Å². The fraction of sp³-hybridized carbons (Fsp3) is 0.143. The van der Waals surface area contributed by atoms with Gasteiger partial charge in [-0.15, -0.1) is 0 Å². The van der Waals surface area contributed by atoms with Crippen molar-refractivity contribution >= 4 is 5.69 Å². The van der Waals surface area contributed by atoms with Crippen LogP contribution in [0.3, 0.4) is 0 Å². The minimum absolute atomic E-state index is 0.216. The molecule has 1 N–H and O–H groups in total. The molecule has 9 heteroatoms. The maximum Gasteiger partial charge on any atom is 0.423 e. The monoisotopic (exact) mass is 323 g/mol. The zero-order valence-electron chi connectivity index (χ0n) is 11.6. The summed E-state index contributed by atoms with van der Waals surface area (Å²) in [6, 6.07) is 5.43. The highest BCUT2D eigenvalue weighted by molar-refractivity contribution is 5.79. The first-order valence-corrected chi connectivity index (χ1v) is 6.15. The second-order valence-corrected chi connectivity index (χ2v) is 4.64. The van der Waals surface area contributed by atoms with Gasteiger partial charge in [0.05, 0.1) is 10.5 Å². The molecule has 0 saturated heterocycles. The number of hydrogen-bond acceptors (Lipinski definition) is 4. The maximum absolute atomic E-state index is 13.0. The van der Waals surface area contributed by atoms with Crippen molar-refractivity contribution in [3.05, 3.63) is 61.6 Å².